The third-order valence-corrected chi connectivity index (χ3v) is 5.39. The number of H-pyrrole nitrogens is 1. The van der Waals surface area contributed by atoms with Gasteiger partial charge in [-0.3, -0.25) is 9.97 Å². The summed E-state index contributed by atoms with van der Waals surface area (Å²) in [5.74, 6) is 0.744. The number of anilines is 1. The van der Waals surface area contributed by atoms with Crippen molar-refractivity contribution in [1.29, 1.82) is 0 Å². The standard InChI is InChI=1S/C22H20ClN5O/c1-14-10-17(23)21(25-12-14)15-2-4-19(24-13-15)22-26-18-5-3-16(11-20(18)27-22)28-6-8-29-9-7-28/h2-5,10-13H,6-9H2,1H3,(H,26,27). The van der Waals surface area contributed by atoms with Gasteiger partial charge < -0.3 is 14.6 Å². The van der Waals surface area contributed by atoms with E-state index in [-0.39, 0.29) is 0 Å². The number of benzene rings is 1. The summed E-state index contributed by atoms with van der Waals surface area (Å²) in [6.45, 7) is 5.32. The summed E-state index contributed by atoms with van der Waals surface area (Å²) >= 11 is 6.33. The SMILES string of the molecule is Cc1cnc(-c2ccc(-c3nc4ccc(N5CCOCC5)cc4[nH]3)nc2)c(Cl)c1. The number of aromatic amines is 1. The molecule has 29 heavy (non-hydrogen) atoms. The van der Waals surface area contributed by atoms with Gasteiger partial charge in [-0.1, -0.05) is 11.6 Å². The molecule has 0 amide bonds. The summed E-state index contributed by atoms with van der Waals surface area (Å²) in [5.41, 5.74) is 6.52. The average Bonchev–Trinajstić information content (AvgIpc) is 3.18. The van der Waals surface area contributed by atoms with E-state index in [0.717, 1.165) is 65.7 Å². The van der Waals surface area contributed by atoms with E-state index < -0.39 is 0 Å². The topological polar surface area (TPSA) is 66.9 Å². The fraction of sp³-hybridized carbons (Fsp3) is 0.227. The van der Waals surface area contributed by atoms with Crippen LogP contribution in [0.4, 0.5) is 5.69 Å². The number of ether oxygens (including phenoxy) is 1. The molecule has 1 aromatic carbocycles. The highest BCUT2D eigenvalue weighted by atomic mass is 35.5. The van der Waals surface area contributed by atoms with Crippen LogP contribution in [0.1, 0.15) is 5.56 Å². The molecule has 6 nitrogen and oxygen atoms in total. The zero-order valence-electron chi connectivity index (χ0n) is 16.0. The van der Waals surface area contributed by atoms with E-state index in [4.69, 9.17) is 21.3 Å². The molecule has 1 aliphatic heterocycles. The lowest BCUT2D eigenvalue weighted by molar-refractivity contribution is 0.122. The number of fused-ring (bicyclic) bond motifs is 1. The minimum atomic E-state index is 0.624. The highest BCUT2D eigenvalue weighted by Gasteiger charge is 2.14. The molecule has 0 radical (unpaired) electrons. The lowest BCUT2D eigenvalue weighted by atomic mass is 10.1. The Kier molecular flexibility index (Phi) is 4.66. The Labute approximate surface area is 173 Å². The molecule has 1 aliphatic rings. The Morgan fingerprint density at radius 1 is 1.03 bits per heavy atom. The lowest BCUT2D eigenvalue weighted by Crippen LogP contribution is -2.36. The molecule has 1 N–H and O–H groups in total. The second kappa shape index (κ2) is 7.46. The maximum absolute atomic E-state index is 6.33. The highest BCUT2D eigenvalue weighted by Crippen LogP contribution is 2.28. The van der Waals surface area contributed by atoms with E-state index in [9.17, 15) is 0 Å². The summed E-state index contributed by atoms with van der Waals surface area (Å²) in [5, 5.41) is 0.624. The van der Waals surface area contributed by atoms with Crippen molar-refractivity contribution in [1.82, 2.24) is 19.9 Å². The van der Waals surface area contributed by atoms with Crippen LogP contribution in [-0.2, 0) is 4.74 Å². The molecule has 0 aliphatic carbocycles. The van der Waals surface area contributed by atoms with Crippen LogP contribution in [0.2, 0.25) is 5.02 Å². The van der Waals surface area contributed by atoms with Gasteiger partial charge in [0.15, 0.2) is 5.82 Å². The van der Waals surface area contributed by atoms with Gasteiger partial charge in [-0.05, 0) is 48.9 Å². The summed E-state index contributed by atoms with van der Waals surface area (Å²) in [6.07, 6.45) is 3.59. The number of morpholine rings is 1. The van der Waals surface area contributed by atoms with Crippen molar-refractivity contribution in [2.45, 2.75) is 6.92 Å². The van der Waals surface area contributed by atoms with Crippen molar-refractivity contribution in [2.75, 3.05) is 31.2 Å². The Morgan fingerprint density at radius 2 is 1.90 bits per heavy atom. The monoisotopic (exact) mass is 405 g/mol. The van der Waals surface area contributed by atoms with E-state index in [0.29, 0.717) is 5.02 Å². The molecule has 0 atom stereocenters. The second-order valence-corrected chi connectivity index (χ2v) is 7.57. The Hall–Kier alpha value is -2.96. The van der Waals surface area contributed by atoms with Gasteiger partial charge in [-0.25, -0.2) is 4.98 Å². The molecule has 146 valence electrons. The van der Waals surface area contributed by atoms with Gasteiger partial charge in [0.25, 0.3) is 0 Å². The number of nitrogens with one attached hydrogen (secondary N) is 1. The molecular formula is C22H20ClN5O. The van der Waals surface area contributed by atoms with Crippen molar-refractivity contribution in [3.05, 3.63) is 59.4 Å². The number of pyridine rings is 2. The summed E-state index contributed by atoms with van der Waals surface area (Å²) < 4.78 is 5.44. The highest BCUT2D eigenvalue weighted by molar-refractivity contribution is 6.33. The van der Waals surface area contributed by atoms with E-state index >= 15 is 0 Å². The summed E-state index contributed by atoms with van der Waals surface area (Å²) in [4.78, 5) is 19.4. The lowest BCUT2D eigenvalue weighted by Gasteiger charge is -2.28. The van der Waals surface area contributed by atoms with Crippen LogP contribution in [-0.4, -0.2) is 46.2 Å². The molecule has 0 saturated carbocycles. The predicted molar refractivity (Wildman–Crippen MR) is 115 cm³/mol. The maximum Gasteiger partial charge on any atom is 0.157 e. The van der Waals surface area contributed by atoms with Gasteiger partial charge in [0.1, 0.15) is 5.69 Å². The fourth-order valence-electron chi connectivity index (χ4n) is 3.56. The number of imidazole rings is 1. The zero-order chi connectivity index (χ0) is 19.8. The van der Waals surface area contributed by atoms with Crippen LogP contribution in [0.25, 0.3) is 33.8 Å². The minimum absolute atomic E-state index is 0.624. The van der Waals surface area contributed by atoms with Crippen molar-refractivity contribution < 1.29 is 4.74 Å². The van der Waals surface area contributed by atoms with E-state index in [1.807, 2.05) is 31.2 Å². The third-order valence-electron chi connectivity index (χ3n) is 5.10. The van der Waals surface area contributed by atoms with Gasteiger partial charge in [-0.2, -0.15) is 0 Å². The van der Waals surface area contributed by atoms with Crippen molar-refractivity contribution in [3.63, 3.8) is 0 Å². The maximum atomic E-state index is 6.33. The minimum Gasteiger partial charge on any atom is -0.378 e. The third kappa shape index (κ3) is 3.57. The largest absolute Gasteiger partial charge is 0.378 e. The first-order chi connectivity index (χ1) is 14.2. The van der Waals surface area contributed by atoms with Gasteiger partial charge >= 0.3 is 0 Å². The first-order valence-corrected chi connectivity index (χ1v) is 9.96. The number of halogens is 1. The van der Waals surface area contributed by atoms with Gasteiger partial charge in [-0.15, -0.1) is 0 Å². The van der Waals surface area contributed by atoms with Crippen LogP contribution in [0.5, 0.6) is 0 Å². The summed E-state index contributed by atoms with van der Waals surface area (Å²) in [6, 6.07) is 12.1. The molecule has 4 aromatic rings. The number of aromatic nitrogens is 4. The Balaban J connectivity index is 1.44. The zero-order valence-corrected chi connectivity index (χ0v) is 16.8. The second-order valence-electron chi connectivity index (χ2n) is 7.16. The normalized spacial score (nSPS) is 14.5. The fourth-order valence-corrected chi connectivity index (χ4v) is 3.89. The van der Waals surface area contributed by atoms with E-state index in [1.54, 1.807) is 12.4 Å². The molecule has 7 heteroatoms. The van der Waals surface area contributed by atoms with Crippen LogP contribution < -0.4 is 4.90 Å². The van der Waals surface area contributed by atoms with Crippen LogP contribution in [0.15, 0.2) is 48.8 Å². The van der Waals surface area contributed by atoms with Crippen LogP contribution in [0, 0.1) is 6.92 Å². The molecular weight excluding hydrogens is 386 g/mol. The van der Waals surface area contributed by atoms with Gasteiger partial charge in [0, 0.05) is 36.7 Å². The molecule has 1 fully saturated rings. The molecule has 1 saturated heterocycles. The first-order valence-electron chi connectivity index (χ1n) is 9.59. The van der Waals surface area contributed by atoms with E-state index in [1.165, 1.54) is 5.69 Å². The van der Waals surface area contributed by atoms with Crippen molar-refractivity contribution in [3.8, 4) is 22.8 Å². The molecule has 3 aromatic heterocycles. The average molecular weight is 406 g/mol. The molecule has 4 heterocycles. The van der Waals surface area contributed by atoms with Crippen molar-refractivity contribution in [2.24, 2.45) is 0 Å². The first kappa shape index (κ1) is 18.1. The van der Waals surface area contributed by atoms with Gasteiger partial charge in [0.05, 0.1) is 35.0 Å². The number of nitrogens with zero attached hydrogens (tertiary/aromatic N) is 4. The van der Waals surface area contributed by atoms with Gasteiger partial charge in [0.2, 0.25) is 0 Å². The van der Waals surface area contributed by atoms with Crippen molar-refractivity contribution >= 4 is 28.3 Å². The smallest absolute Gasteiger partial charge is 0.157 e. The quantitative estimate of drug-likeness (QED) is 0.544. The Bertz CT molecular complexity index is 1170. The number of rotatable bonds is 3. The number of hydrogen-bond donors (Lipinski definition) is 1. The predicted octanol–water partition coefficient (Wildman–Crippen LogP) is 4.49. The van der Waals surface area contributed by atoms with E-state index in [2.05, 4.69) is 32.0 Å². The Morgan fingerprint density at radius 3 is 2.66 bits per heavy atom. The number of hydrogen-bond acceptors (Lipinski definition) is 5. The number of aryl methyl sites for hydroxylation is 1. The molecule has 0 unspecified atom stereocenters. The molecule has 5 rings (SSSR count). The van der Waals surface area contributed by atoms with Crippen LogP contribution in [0.3, 0.4) is 0 Å². The molecule has 0 bridgehead atoms. The summed E-state index contributed by atoms with van der Waals surface area (Å²) in [7, 11) is 0. The molecule has 0 spiro atoms. The van der Waals surface area contributed by atoms with Crippen LogP contribution >= 0.6 is 11.6 Å².